The van der Waals surface area contributed by atoms with E-state index in [-0.39, 0.29) is 11.6 Å². The summed E-state index contributed by atoms with van der Waals surface area (Å²) in [6.45, 7) is 3.66. The highest BCUT2D eigenvalue weighted by atomic mass is 79.9. The summed E-state index contributed by atoms with van der Waals surface area (Å²) in [5, 5.41) is 2.80. The average molecular weight is 336 g/mol. The molecule has 0 aliphatic rings. The molecular weight excluding hydrogens is 321 g/mol. The highest BCUT2D eigenvalue weighted by Crippen LogP contribution is 2.17. The first-order valence-corrected chi connectivity index (χ1v) is 7.09. The second kappa shape index (κ2) is 6.18. The van der Waals surface area contributed by atoms with Gasteiger partial charge >= 0.3 is 0 Å². The Kier molecular flexibility index (Phi) is 4.55. The molecule has 1 amide bonds. The van der Waals surface area contributed by atoms with E-state index in [2.05, 4.69) is 21.2 Å². The lowest BCUT2D eigenvalue weighted by Crippen LogP contribution is -2.27. The van der Waals surface area contributed by atoms with E-state index >= 15 is 0 Å². The van der Waals surface area contributed by atoms with Crippen molar-refractivity contribution in [3.8, 4) is 0 Å². The predicted octanol–water partition coefficient (Wildman–Crippen LogP) is 4.39. The quantitative estimate of drug-likeness (QED) is 0.885. The van der Waals surface area contributed by atoms with Gasteiger partial charge in [0.05, 0.1) is 11.6 Å². The summed E-state index contributed by atoms with van der Waals surface area (Å²) < 4.78 is 14.7. The van der Waals surface area contributed by atoms with Crippen molar-refractivity contribution in [3.05, 3.63) is 69.4 Å². The zero-order chi connectivity index (χ0) is 14.7. The molecule has 0 saturated heterocycles. The Hall–Kier alpha value is -1.68. The summed E-state index contributed by atoms with van der Waals surface area (Å²) >= 11 is 3.36. The Balaban J connectivity index is 2.13. The molecule has 2 aromatic rings. The van der Waals surface area contributed by atoms with Crippen LogP contribution in [-0.4, -0.2) is 5.91 Å². The third kappa shape index (κ3) is 3.45. The summed E-state index contributed by atoms with van der Waals surface area (Å²) in [5.41, 5.74) is 1.83. The van der Waals surface area contributed by atoms with E-state index in [0.29, 0.717) is 0 Å². The molecule has 0 radical (unpaired) electrons. The summed E-state index contributed by atoms with van der Waals surface area (Å²) in [4.78, 5) is 12.1. The van der Waals surface area contributed by atoms with Crippen molar-refractivity contribution in [2.24, 2.45) is 0 Å². The maximum absolute atomic E-state index is 13.7. The van der Waals surface area contributed by atoms with Crippen LogP contribution in [0.1, 0.15) is 34.5 Å². The molecule has 104 valence electrons. The lowest BCUT2D eigenvalue weighted by molar-refractivity contribution is 0.0936. The van der Waals surface area contributed by atoms with Gasteiger partial charge in [-0.3, -0.25) is 4.79 Å². The van der Waals surface area contributed by atoms with Crippen molar-refractivity contribution < 1.29 is 9.18 Å². The Labute approximate surface area is 126 Å². The maximum Gasteiger partial charge on any atom is 0.254 e. The van der Waals surface area contributed by atoms with E-state index in [1.54, 1.807) is 13.0 Å². The van der Waals surface area contributed by atoms with Crippen LogP contribution in [0.25, 0.3) is 0 Å². The van der Waals surface area contributed by atoms with Crippen molar-refractivity contribution in [1.29, 1.82) is 0 Å². The molecule has 0 fully saturated rings. The summed E-state index contributed by atoms with van der Waals surface area (Å²) in [5.74, 6) is -0.900. The van der Waals surface area contributed by atoms with Gasteiger partial charge in [0.1, 0.15) is 5.82 Å². The van der Waals surface area contributed by atoms with E-state index in [9.17, 15) is 9.18 Å². The zero-order valence-corrected chi connectivity index (χ0v) is 12.9. The van der Waals surface area contributed by atoms with Gasteiger partial charge in [0, 0.05) is 4.47 Å². The molecule has 0 unspecified atom stereocenters. The Morgan fingerprint density at radius 3 is 2.45 bits per heavy atom. The maximum atomic E-state index is 13.7. The first kappa shape index (κ1) is 14.7. The van der Waals surface area contributed by atoms with Gasteiger partial charge in [-0.25, -0.2) is 4.39 Å². The minimum Gasteiger partial charge on any atom is -0.345 e. The number of nitrogens with one attached hydrogen (secondary N) is 1. The van der Waals surface area contributed by atoms with Crippen molar-refractivity contribution in [3.63, 3.8) is 0 Å². The molecule has 2 nitrogen and oxygen atoms in total. The first-order chi connectivity index (χ1) is 9.47. The number of rotatable bonds is 3. The highest BCUT2D eigenvalue weighted by Gasteiger charge is 2.15. The normalized spacial score (nSPS) is 12.0. The molecule has 20 heavy (non-hydrogen) atoms. The van der Waals surface area contributed by atoms with Gasteiger partial charge in [-0.2, -0.15) is 0 Å². The fourth-order valence-electron chi connectivity index (χ4n) is 1.91. The van der Waals surface area contributed by atoms with Crippen LogP contribution in [0, 0.1) is 12.7 Å². The Morgan fingerprint density at radius 2 is 1.85 bits per heavy atom. The van der Waals surface area contributed by atoms with Crippen LogP contribution in [0.3, 0.4) is 0 Å². The van der Waals surface area contributed by atoms with E-state index in [4.69, 9.17) is 0 Å². The summed E-state index contributed by atoms with van der Waals surface area (Å²) in [6, 6.07) is 12.1. The monoisotopic (exact) mass is 335 g/mol. The second-order valence-electron chi connectivity index (χ2n) is 4.73. The molecule has 1 N–H and O–H groups in total. The molecule has 0 saturated carbocycles. The number of hydrogen-bond acceptors (Lipinski definition) is 1. The molecule has 4 heteroatoms. The van der Waals surface area contributed by atoms with Crippen LogP contribution >= 0.6 is 15.9 Å². The molecule has 0 aliphatic carbocycles. The Morgan fingerprint density at radius 1 is 1.20 bits per heavy atom. The smallest absolute Gasteiger partial charge is 0.254 e. The number of hydrogen-bond donors (Lipinski definition) is 1. The van der Waals surface area contributed by atoms with Crippen molar-refractivity contribution >= 4 is 21.8 Å². The van der Waals surface area contributed by atoms with E-state index < -0.39 is 11.7 Å². The van der Waals surface area contributed by atoms with Gasteiger partial charge in [-0.1, -0.05) is 34.1 Å². The average Bonchev–Trinajstić information content (AvgIpc) is 2.39. The number of halogens is 2. The van der Waals surface area contributed by atoms with Crippen molar-refractivity contribution in [2.45, 2.75) is 19.9 Å². The van der Waals surface area contributed by atoms with E-state index in [1.807, 2.05) is 31.2 Å². The van der Waals surface area contributed by atoms with Gasteiger partial charge < -0.3 is 5.32 Å². The van der Waals surface area contributed by atoms with Gasteiger partial charge in [0.25, 0.3) is 5.91 Å². The summed E-state index contributed by atoms with van der Waals surface area (Å²) in [6.07, 6.45) is 0. The Bertz CT molecular complexity index is 625. The number of carbonyl (C=O) groups excluding carboxylic acids is 1. The molecule has 1 atom stereocenters. The second-order valence-corrected chi connectivity index (χ2v) is 5.65. The van der Waals surface area contributed by atoms with Crippen LogP contribution in [-0.2, 0) is 0 Å². The number of carbonyl (C=O) groups is 1. The first-order valence-electron chi connectivity index (χ1n) is 6.30. The van der Waals surface area contributed by atoms with Crippen molar-refractivity contribution in [2.75, 3.05) is 0 Å². The van der Waals surface area contributed by atoms with Crippen LogP contribution in [0.2, 0.25) is 0 Å². The zero-order valence-electron chi connectivity index (χ0n) is 11.3. The molecular formula is C16H15BrFNO. The van der Waals surface area contributed by atoms with Crippen molar-refractivity contribution in [1.82, 2.24) is 5.32 Å². The molecule has 0 spiro atoms. The number of benzene rings is 2. The SMILES string of the molecule is Cc1ccc(C(=O)N[C@@H](C)c2ccc(Br)cc2)c(F)c1. The van der Waals surface area contributed by atoms with Crippen LogP contribution in [0.15, 0.2) is 46.9 Å². The number of amides is 1. The third-order valence-corrected chi connectivity index (χ3v) is 3.62. The van der Waals surface area contributed by atoms with Gasteiger partial charge in [-0.05, 0) is 49.2 Å². The minimum atomic E-state index is -0.495. The van der Waals surface area contributed by atoms with Gasteiger partial charge in [0.2, 0.25) is 0 Å². The topological polar surface area (TPSA) is 29.1 Å². The van der Waals surface area contributed by atoms with Crippen LogP contribution in [0.4, 0.5) is 4.39 Å². The standard InChI is InChI=1S/C16H15BrFNO/c1-10-3-8-14(15(18)9-10)16(20)19-11(2)12-4-6-13(17)7-5-12/h3-9,11H,1-2H3,(H,19,20)/t11-/m0/s1. The third-order valence-electron chi connectivity index (χ3n) is 3.09. The molecule has 0 aliphatic heterocycles. The molecule has 0 bridgehead atoms. The molecule has 2 aromatic carbocycles. The minimum absolute atomic E-state index is 0.0690. The van der Waals surface area contributed by atoms with Gasteiger partial charge in [0.15, 0.2) is 0 Å². The predicted molar refractivity (Wildman–Crippen MR) is 81.2 cm³/mol. The summed E-state index contributed by atoms with van der Waals surface area (Å²) in [7, 11) is 0. The fraction of sp³-hybridized carbons (Fsp3) is 0.188. The lowest BCUT2D eigenvalue weighted by Gasteiger charge is -2.15. The highest BCUT2D eigenvalue weighted by molar-refractivity contribution is 9.10. The van der Waals surface area contributed by atoms with Crippen LogP contribution < -0.4 is 5.32 Å². The largest absolute Gasteiger partial charge is 0.345 e. The molecule has 2 rings (SSSR count). The molecule has 0 aromatic heterocycles. The fourth-order valence-corrected chi connectivity index (χ4v) is 2.18. The van der Waals surface area contributed by atoms with E-state index in [1.165, 1.54) is 12.1 Å². The van der Waals surface area contributed by atoms with Gasteiger partial charge in [-0.15, -0.1) is 0 Å². The number of aryl methyl sites for hydroxylation is 1. The van der Waals surface area contributed by atoms with E-state index in [0.717, 1.165) is 15.6 Å². The molecule has 0 heterocycles. The lowest BCUT2D eigenvalue weighted by atomic mass is 10.1. The van der Waals surface area contributed by atoms with Crippen LogP contribution in [0.5, 0.6) is 0 Å².